The number of benzene rings is 1. The van der Waals surface area contributed by atoms with Gasteiger partial charge in [0, 0.05) is 19.0 Å². The van der Waals surface area contributed by atoms with Gasteiger partial charge in [0.25, 0.3) is 0 Å². The van der Waals surface area contributed by atoms with Gasteiger partial charge in [-0.3, -0.25) is 0 Å². The number of carbonyl (C=O) groups is 1. The van der Waals surface area contributed by atoms with Gasteiger partial charge in [0.2, 0.25) is 0 Å². The van der Waals surface area contributed by atoms with Crippen molar-refractivity contribution in [3.05, 3.63) is 23.8 Å². The number of nitrogens with two attached hydrogens (primary N) is 1. The number of nitrogens with zero attached hydrogens (tertiary/aromatic N) is 1. The average Bonchev–Trinajstić information content (AvgIpc) is 2.87. The number of rotatable bonds is 3. The minimum Gasteiger partial charge on any atom is -0.465 e. The third-order valence-corrected chi connectivity index (χ3v) is 3.70. The molecule has 104 valence electrons. The fourth-order valence-electron chi connectivity index (χ4n) is 2.57. The Kier molecular flexibility index (Phi) is 3.95. The summed E-state index contributed by atoms with van der Waals surface area (Å²) in [7, 11) is 1.36. The summed E-state index contributed by atoms with van der Waals surface area (Å²) in [5.74, 6) is -0.173. The van der Waals surface area contributed by atoms with Crippen molar-refractivity contribution in [3.8, 4) is 0 Å². The van der Waals surface area contributed by atoms with Crippen molar-refractivity contribution in [1.82, 2.24) is 0 Å². The molecule has 0 aliphatic carbocycles. The zero-order valence-corrected chi connectivity index (χ0v) is 11.3. The van der Waals surface area contributed by atoms with Gasteiger partial charge < -0.3 is 20.5 Å². The molecule has 1 aliphatic rings. The molecule has 1 aliphatic heterocycles. The van der Waals surface area contributed by atoms with Crippen molar-refractivity contribution < 1.29 is 14.6 Å². The fraction of sp³-hybridized carbons (Fsp3) is 0.500. The highest BCUT2D eigenvalue weighted by molar-refractivity contribution is 5.99. The Morgan fingerprint density at radius 3 is 2.89 bits per heavy atom. The molecule has 1 aromatic carbocycles. The third kappa shape index (κ3) is 2.66. The van der Waals surface area contributed by atoms with E-state index in [-0.39, 0.29) is 18.0 Å². The molecule has 5 heteroatoms. The van der Waals surface area contributed by atoms with Gasteiger partial charge in [0.1, 0.15) is 0 Å². The highest BCUT2D eigenvalue weighted by Crippen LogP contribution is 2.33. The molecule has 0 saturated carbocycles. The molecule has 1 saturated heterocycles. The molecule has 5 nitrogen and oxygen atoms in total. The Morgan fingerprint density at radius 2 is 2.32 bits per heavy atom. The molecule has 0 amide bonds. The highest BCUT2D eigenvalue weighted by atomic mass is 16.5. The predicted octanol–water partition coefficient (Wildman–Crippen LogP) is 1.26. The summed E-state index contributed by atoms with van der Waals surface area (Å²) in [4.78, 5) is 13.9. The van der Waals surface area contributed by atoms with Gasteiger partial charge in [-0.25, -0.2) is 4.79 Å². The van der Waals surface area contributed by atoms with E-state index in [0.717, 1.165) is 18.7 Å². The zero-order chi connectivity index (χ0) is 14.0. The average molecular weight is 264 g/mol. The largest absolute Gasteiger partial charge is 0.465 e. The predicted molar refractivity (Wildman–Crippen MR) is 74.2 cm³/mol. The lowest BCUT2D eigenvalue weighted by atomic mass is 10.0. The molecule has 2 atom stereocenters. The van der Waals surface area contributed by atoms with Crippen LogP contribution in [-0.4, -0.2) is 37.4 Å². The van der Waals surface area contributed by atoms with E-state index in [0.29, 0.717) is 17.8 Å². The minimum atomic E-state index is -0.386. The molecule has 2 rings (SSSR count). The Morgan fingerprint density at radius 1 is 1.58 bits per heavy atom. The standard InChI is InChI=1S/C14H20N2O3/c1-9(17)10-6-7-16(8-10)13-11(14(18)19-2)4-3-5-12(13)15/h3-5,9-10,17H,6-8,15H2,1-2H3. The first-order valence-corrected chi connectivity index (χ1v) is 6.44. The van der Waals surface area contributed by atoms with E-state index >= 15 is 0 Å². The Balaban J connectivity index is 2.32. The molecular formula is C14H20N2O3. The van der Waals surface area contributed by atoms with Gasteiger partial charge in [-0.15, -0.1) is 0 Å². The molecule has 0 aromatic heterocycles. The van der Waals surface area contributed by atoms with E-state index in [4.69, 9.17) is 10.5 Å². The van der Waals surface area contributed by atoms with Crippen molar-refractivity contribution in [2.45, 2.75) is 19.4 Å². The van der Waals surface area contributed by atoms with Crippen LogP contribution in [0.4, 0.5) is 11.4 Å². The third-order valence-electron chi connectivity index (χ3n) is 3.70. The first-order chi connectivity index (χ1) is 9.04. The molecular weight excluding hydrogens is 244 g/mol. The topological polar surface area (TPSA) is 75.8 Å². The molecule has 1 fully saturated rings. The number of hydrogen-bond acceptors (Lipinski definition) is 5. The molecule has 0 spiro atoms. The number of esters is 1. The summed E-state index contributed by atoms with van der Waals surface area (Å²) in [5, 5.41) is 9.66. The quantitative estimate of drug-likeness (QED) is 0.635. The molecule has 0 radical (unpaired) electrons. The van der Waals surface area contributed by atoms with Crippen LogP contribution in [0.2, 0.25) is 0 Å². The zero-order valence-electron chi connectivity index (χ0n) is 11.3. The van der Waals surface area contributed by atoms with E-state index in [1.807, 2.05) is 0 Å². The van der Waals surface area contributed by atoms with Crippen LogP contribution in [0.25, 0.3) is 0 Å². The SMILES string of the molecule is COC(=O)c1cccc(N)c1N1CCC(C(C)O)C1. The van der Waals surface area contributed by atoms with Crippen LogP contribution < -0.4 is 10.6 Å². The van der Waals surface area contributed by atoms with Gasteiger partial charge in [-0.2, -0.15) is 0 Å². The Labute approximate surface area is 113 Å². The lowest BCUT2D eigenvalue weighted by Gasteiger charge is -2.23. The summed E-state index contributed by atoms with van der Waals surface area (Å²) >= 11 is 0. The number of hydrogen-bond donors (Lipinski definition) is 2. The van der Waals surface area contributed by atoms with E-state index in [2.05, 4.69) is 4.90 Å². The number of ether oxygens (including phenoxy) is 1. The second-order valence-electron chi connectivity index (χ2n) is 4.97. The summed E-state index contributed by atoms with van der Waals surface area (Å²) in [6.45, 7) is 3.29. The molecule has 1 heterocycles. The van der Waals surface area contributed by atoms with E-state index in [9.17, 15) is 9.90 Å². The number of anilines is 2. The monoisotopic (exact) mass is 264 g/mol. The Hall–Kier alpha value is -1.75. The van der Waals surface area contributed by atoms with Gasteiger partial charge >= 0.3 is 5.97 Å². The van der Waals surface area contributed by atoms with Crippen molar-refractivity contribution in [2.75, 3.05) is 30.8 Å². The van der Waals surface area contributed by atoms with Crippen LogP contribution in [0.3, 0.4) is 0 Å². The van der Waals surface area contributed by atoms with Gasteiger partial charge in [-0.1, -0.05) is 6.07 Å². The van der Waals surface area contributed by atoms with E-state index < -0.39 is 0 Å². The van der Waals surface area contributed by atoms with Gasteiger partial charge in [0.15, 0.2) is 0 Å². The lowest BCUT2D eigenvalue weighted by Crippen LogP contribution is -2.26. The van der Waals surface area contributed by atoms with Crippen LogP contribution in [0.15, 0.2) is 18.2 Å². The number of aliphatic hydroxyl groups excluding tert-OH is 1. The van der Waals surface area contributed by atoms with Crippen LogP contribution in [0.5, 0.6) is 0 Å². The first kappa shape index (κ1) is 13.7. The number of carbonyl (C=O) groups excluding carboxylic acids is 1. The van der Waals surface area contributed by atoms with E-state index in [1.54, 1.807) is 25.1 Å². The molecule has 19 heavy (non-hydrogen) atoms. The number of aliphatic hydroxyl groups is 1. The fourth-order valence-corrected chi connectivity index (χ4v) is 2.57. The Bertz CT molecular complexity index is 474. The summed E-state index contributed by atoms with van der Waals surface area (Å²) < 4.78 is 4.80. The minimum absolute atomic E-state index is 0.213. The summed E-state index contributed by atoms with van der Waals surface area (Å²) in [5.41, 5.74) is 7.77. The van der Waals surface area contributed by atoms with Gasteiger partial charge in [-0.05, 0) is 25.5 Å². The summed E-state index contributed by atoms with van der Waals surface area (Å²) in [6.07, 6.45) is 0.545. The maximum atomic E-state index is 11.8. The number of methoxy groups -OCH3 is 1. The normalized spacial score (nSPS) is 20.4. The van der Waals surface area contributed by atoms with E-state index in [1.165, 1.54) is 7.11 Å². The maximum absolute atomic E-state index is 11.8. The van der Waals surface area contributed by atoms with Crippen molar-refractivity contribution in [3.63, 3.8) is 0 Å². The molecule has 2 unspecified atom stereocenters. The molecule has 1 aromatic rings. The highest BCUT2D eigenvalue weighted by Gasteiger charge is 2.29. The first-order valence-electron chi connectivity index (χ1n) is 6.44. The number of nitrogen functional groups attached to an aromatic ring is 1. The molecule has 3 N–H and O–H groups in total. The van der Waals surface area contributed by atoms with Crippen LogP contribution in [-0.2, 0) is 4.74 Å². The van der Waals surface area contributed by atoms with Crippen molar-refractivity contribution in [2.24, 2.45) is 5.92 Å². The lowest BCUT2D eigenvalue weighted by molar-refractivity contribution is 0.0601. The van der Waals surface area contributed by atoms with Crippen molar-refractivity contribution >= 4 is 17.3 Å². The van der Waals surface area contributed by atoms with Crippen LogP contribution in [0.1, 0.15) is 23.7 Å². The second-order valence-corrected chi connectivity index (χ2v) is 4.97. The molecule has 0 bridgehead atoms. The summed E-state index contributed by atoms with van der Waals surface area (Å²) in [6, 6.07) is 5.23. The van der Waals surface area contributed by atoms with Crippen LogP contribution in [0, 0.1) is 5.92 Å². The van der Waals surface area contributed by atoms with Crippen LogP contribution >= 0.6 is 0 Å². The second kappa shape index (κ2) is 5.48. The number of para-hydroxylation sites is 1. The smallest absolute Gasteiger partial charge is 0.340 e. The maximum Gasteiger partial charge on any atom is 0.340 e. The van der Waals surface area contributed by atoms with Gasteiger partial charge in [0.05, 0.1) is 30.2 Å². The van der Waals surface area contributed by atoms with Crippen molar-refractivity contribution in [1.29, 1.82) is 0 Å².